The number of hydrogen-bond donors (Lipinski definition) is 1. The Labute approximate surface area is 72.7 Å². The number of nitrogens with zero attached hydrogens (tertiary/aromatic N) is 1. The summed E-state index contributed by atoms with van der Waals surface area (Å²) in [6, 6.07) is 3.85. The van der Waals surface area contributed by atoms with E-state index in [-0.39, 0.29) is 12.4 Å². The molecule has 0 aliphatic carbocycles. The first-order valence-electron chi connectivity index (χ1n) is 2.97. The van der Waals surface area contributed by atoms with Crippen molar-refractivity contribution in [3.63, 3.8) is 0 Å². The van der Waals surface area contributed by atoms with E-state index in [4.69, 9.17) is 0 Å². The van der Waals surface area contributed by atoms with Crippen LogP contribution in [-0.4, -0.2) is 4.98 Å². The zero-order chi connectivity index (χ0) is 6.69. The first-order valence-corrected chi connectivity index (χ1v) is 3.41. The van der Waals surface area contributed by atoms with Gasteiger partial charge in [-0.3, -0.25) is 4.98 Å². The van der Waals surface area contributed by atoms with E-state index in [9.17, 15) is 0 Å². The summed E-state index contributed by atoms with van der Waals surface area (Å²) in [6.07, 6.45) is 2.76. The Morgan fingerprint density at radius 2 is 2.30 bits per heavy atom. The van der Waals surface area contributed by atoms with Gasteiger partial charge in [0.15, 0.2) is 0 Å². The summed E-state index contributed by atoms with van der Waals surface area (Å²) in [5.41, 5.74) is 1.10. The summed E-state index contributed by atoms with van der Waals surface area (Å²) in [6.45, 7) is 2.08. The molecule has 0 aromatic carbocycles. The monoisotopic (exact) mass is 175 g/mol. The van der Waals surface area contributed by atoms with E-state index in [0.717, 1.165) is 17.0 Å². The summed E-state index contributed by atoms with van der Waals surface area (Å²) in [4.78, 5) is 5.10. The SMILES string of the molecule is CCc1cc(S)ccn1.Cl. The highest BCUT2D eigenvalue weighted by atomic mass is 35.5. The fraction of sp³-hybridized carbons (Fsp3) is 0.286. The number of aryl methyl sites for hydroxylation is 1. The lowest BCUT2D eigenvalue weighted by molar-refractivity contribution is 1.02. The van der Waals surface area contributed by atoms with Gasteiger partial charge in [-0.1, -0.05) is 6.92 Å². The van der Waals surface area contributed by atoms with Crippen LogP contribution in [0.2, 0.25) is 0 Å². The minimum atomic E-state index is 0. The van der Waals surface area contributed by atoms with Gasteiger partial charge >= 0.3 is 0 Å². The Morgan fingerprint density at radius 1 is 1.60 bits per heavy atom. The Balaban J connectivity index is 0.000000810. The average Bonchev–Trinajstić information content (AvgIpc) is 1.88. The lowest BCUT2D eigenvalue weighted by Crippen LogP contribution is -1.83. The topological polar surface area (TPSA) is 12.9 Å². The van der Waals surface area contributed by atoms with Crippen molar-refractivity contribution >= 4 is 25.0 Å². The third kappa shape index (κ3) is 2.58. The molecule has 0 amide bonds. The molecule has 1 rings (SSSR count). The second kappa shape index (κ2) is 4.58. The molecule has 10 heavy (non-hydrogen) atoms. The van der Waals surface area contributed by atoms with E-state index in [1.54, 1.807) is 6.20 Å². The zero-order valence-corrected chi connectivity index (χ0v) is 7.45. The van der Waals surface area contributed by atoms with Crippen molar-refractivity contribution in [3.8, 4) is 0 Å². The minimum absolute atomic E-state index is 0. The van der Waals surface area contributed by atoms with Crippen molar-refractivity contribution < 1.29 is 0 Å². The summed E-state index contributed by atoms with van der Waals surface area (Å²) in [5.74, 6) is 0. The Kier molecular flexibility index (Phi) is 4.49. The van der Waals surface area contributed by atoms with Gasteiger partial charge in [0.2, 0.25) is 0 Å². The van der Waals surface area contributed by atoms with Crippen molar-refractivity contribution in [2.24, 2.45) is 0 Å². The molecule has 1 aromatic rings. The quantitative estimate of drug-likeness (QED) is 0.647. The second-order valence-corrected chi connectivity index (χ2v) is 2.38. The molecule has 0 fully saturated rings. The highest BCUT2D eigenvalue weighted by Crippen LogP contribution is 2.05. The molecule has 1 heterocycles. The summed E-state index contributed by atoms with van der Waals surface area (Å²) in [7, 11) is 0. The number of rotatable bonds is 1. The van der Waals surface area contributed by atoms with Gasteiger partial charge in [-0.25, -0.2) is 0 Å². The molecule has 0 aliphatic rings. The van der Waals surface area contributed by atoms with Crippen LogP contribution in [-0.2, 0) is 6.42 Å². The lowest BCUT2D eigenvalue weighted by Gasteiger charge is -1.93. The highest BCUT2D eigenvalue weighted by Gasteiger charge is 1.88. The van der Waals surface area contributed by atoms with Crippen LogP contribution in [0, 0.1) is 0 Å². The smallest absolute Gasteiger partial charge is 0.0411 e. The van der Waals surface area contributed by atoms with E-state index < -0.39 is 0 Å². The molecule has 0 saturated heterocycles. The number of thiol groups is 1. The summed E-state index contributed by atoms with van der Waals surface area (Å²) < 4.78 is 0. The van der Waals surface area contributed by atoms with Gasteiger partial charge in [0, 0.05) is 16.8 Å². The predicted octanol–water partition coefficient (Wildman–Crippen LogP) is 2.35. The average molecular weight is 176 g/mol. The van der Waals surface area contributed by atoms with Crippen LogP contribution in [0.5, 0.6) is 0 Å². The molecule has 1 nitrogen and oxygen atoms in total. The maximum absolute atomic E-state index is 4.17. The first kappa shape index (κ1) is 9.79. The molecule has 0 saturated carbocycles. The minimum Gasteiger partial charge on any atom is -0.261 e. The van der Waals surface area contributed by atoms with Crippen molar-refractivity contribution in [3.05, 3.63) is 24.0 Å². The maximum Gasteiger partial charge on any atom is 0.0411 e. The van der Waals surface area contributed by atoms with Crippen LogP contribution in [0.1, 0.15) is 12.6 Å². The Morgan fingerprint density at radius 3 is 2.70 bits per heavy atom. The van der Waals surface area contributed by atoms with Crippen molar-refractivity contribution in [1.82, 2.24) is 4.98 Å². The molecule has 0 radical (unpaired) electrons. The molecule has 1 aromatic heterocycles. The maximum atomic E-state index is 4.17. The standard InChI is InChI=1S/C7H9NS.ClH/c1-2-6-5-7(9)3-4-8-6;/h3-5H,2H2,1H3,(H,8,9);1H. The van der Waals surface area contributed by atoms with Gasteiger partial charge < -0.3 is 0 Å². The van der Waals surface area contributed by atoms with Crippen molar-refractivity contribution in [1.29, 1.82) is 0 Å². The normalized spacial score (nSPS) is 8.60. The Hall–Kier alpha value is -0.210. The van der Waals surface area contributed by atoms with Gasteiger partial charge in [-0.15, -0.1) is 25.0 Å². The van der Waals surface area contributed by atoms with E-state index in [1.807, 2.05) is 12.1 Å². The summed E-state index contributed by atoms with van der Waals surface area (Å²) >= 11 is 4.17. The third-order valence-corrected chi connectivity index (χ3v) is 1.44. The molecule has 0 spiro atoms. The van der Waals surface area contributed by atoms with E-state index in [1.165, 1.54) is 0 Å². The summed E-state index contributed by atoms with van der Waals surface area (Å²) in [5, 5.41) is 0. The fourth-order valence-electron chi connectivity index (χ4n) is 0.659. The van der Waals surface area contributed by atoms with E-state index >= 15 is 0 Å². The number of aromatic nitrogens is 1. The van der Waals surface area contributed by atoms with Crippen LogP contribution in [0.4, 0.5) is 0 Å². The number of pyridine rings is 1. The third-order valence-electron chi connectivity index (χ3n) is 1.16. The molecular formula is C7H10ClNS. The van der Waals surface area contributed by atoms with Crippen LogP contribution in [0.3, 0.4) is 0 Å². The molecule has 56 valence electrons. The van der Waals surface area contributed by atoms with Gasteiger partial charge in [0.25, 0.3) is 0 Å². The number of halogens is 1. The fourth-order valence-corrected chi connectivity index (χ4v) is 0.874. The van der Waals surface area contributed by atoms with Gasteiger partial charge in [0.1, 0.15) is 0 Å². The van der Waals surface area contributed by atoms with Gasteiger partial charge in [-0.2, -0.15) is 0 Å². The number of hydrogen-bond acceptors (Lipinski definition) is 2. The van der Waals surface area contributed by atoms with Crippen molar-refractivity contribution in [2.75, 3.05) is 0 Å². The molecule has 0 unspecified atom stereocenters. The van der Waals surface area contributed by atoms with Crippen molar-refractivity contribution in [2.45, 2.75) is 18.2 Å². The van der Waals surface area contributed by atoms with E-state index in [2.05, 4.69) is 24.5 Å². The van der Waals surface area contributed by atoms with Crippen LogP contribution >= 0.6 is 25.0 Å². The zero-order valence-electron chi connectivity index (χ0n) is 5.74. The van der Waals surface area contributed by atoms with E-state index in [0.29, 0.717) is 0 Å². The molecule has 0 N–H and O–H groups in total. The lowest BCUT2D eigenvalue weighted by atomic mass is 10.3. The molecule has 0 aliphatic heterocycles. The van der Waals surface area contributed by atoms with Crippen LogP contribution in [0.15, 0.2) is 23.2 Å². The Bertz CT molecular complexity index is 203. The molecule has 0 bridgehead atoms. The van der Waals surface area contributed by atoms with Crippen LogP contribution in [0.25, 0.3) is 0 Å². The molecular weight excluding hydrogens is 166 g/mol. The predicted molar refractivity (Wildman–Crippen MR) is 48.1 cm³/mol. The van der Waals surface area contributed by atoms with Crippen LogP contribution < -0.4 is 0 Å². The molecule has 3 heteroatoms. The largest absolute Gasteiger partial charge is 0.261 e. The van der Waals surface area contributed by atoms with Gasteiger partial charge in [-0.05, 0) is 18.6 Å². The van der Waals surface area contributed by atoms with Gasteiger partial charge in [0.05, 0.1) is 0 Å². The molecule has 0 atom stereocenters. The first-order chi connectivity index (χ1) is 4.33. The second-order valence-electron chi connectivity index (χ2n) is 1.86. The highest BCUT2D eigenvalue weighted by molar-refractivity contribution is 7.80.